The molecule has 2 aromatic rings. The molecule has 5 nitrogen and oxygen atoms in total. The number of aliphatic imine (C=N–C) groups is 1. The van der Waals surface area contributed by atoms with E-state index in [1.165, 1.54) is 12.7 Å². The minimum Gasteiger partial charge on any atom is -0.504 e. The number of hydrogen-bond acceptors (Lipinski definition) is 3. The maximum atomic E-state index is 10.0. The van der Waals surface area contributed by atoms with Crippen molar-refractivity contribution in [2.24, 2.45) is 10.7 Å². The highest BCUT2D eigenvalue weighted by Crippen LogP contribution is 2.29. The van der Waals surface area contributed by atoms with E-state index >= 15 is 0 Å². The Morgan fingerprint density at radius 1 is 1.12 bits per heavy atom. The van der Waals surface area contributed by atoms with Gasteiger partial charge in [0, 0.05) is 13.1 Å². The number of nitrogens with two attached hydrogens (primary N) is 1. The zero-order valence-corrected chi connectivity index (χ0v) is 16.1. The smallest absolute Gasteiger partial charge is 0.188 e. The highest BCUT2D eigenvalue weighted by molar-refractivity contribution is 14.0. The Morgan fingerprint density at radius 3 is 2.58 bits per heavy atom. The largest absolute Gasteiger partial charge is 0.504 e. The molecule has 4 N–H and O–H groups in total. The predicted octanol–water partition coefficient (Wildman–Crippen LogP) is 2.71. The lowest BCUT2D eigenvalue weighted by molar-refractivity contribution is 0.370. The van der Waals surface area contributed by atoms with Crippen LogP contribution in [0.15, 0.2) is 53.5 Å². The van der Waals surface area contributed by atoms with Crippen LogP contribution in [0.2, 0.25) is 0 Å². The summed E-state index contributed by atoms with van der Waals surface area (Å²) in [5, 5.41) is 13.1. The summed E-state index contributed by atoms with van der Waals surface area (Å²) in [6.07, 6.45) is 1.50. The summed E-state index contributed by atoms with van der Waals surface area (Å²) in [4.78, 5) is 4.28. The number of aromatic hydroxyl groups is 1. The van der Waals surface area contributed by atoms with E-state index in [1.54, 1.807) is 6.07 Å². The first-order valence-electron chi connectivity index (χ1n) is 7.63. The van der Waals surface area contributed by atoms with Crippen molar-refractivity contribution >= 4 is 29.9 Å². The quantitative estimate of drug-likeness (QED) is 0.351. The number of phenols is 1. The summed E-state index contributed by atoms with van der Waals surface area (Å²) in [6.45, 7) is 1.24. The summed E-state index contributed by atoms with van der Waals surface area (Å²) in [5.74, 6) is 1.06. The minimum absolute atomic E-state index is 0. The Balaban J connectivity index is 0.00000288. The number of benzene rings is 2. The van der Waals surface area contributed by atoms with Gasteiger partial charge in [-0.25, -0.2) is 0 Å². The Kier molecular flexibility index (Phi) is 8.99. The lowest BCUT2D eigenvalue weighted by Gasteiger charge is -2.08. The predicted molar refractivity (Wildman–Crippen MR) is 108 cm³/mol. The number of hydrogen-bond donors (Lipinski definition) is 3. The number of para-hydroxylation sites is 1. The van der Waals surface area contributed by atoms with Crippen molar-refractivity contribution in [3.05, 3.63) is 59.7 Å². The molecule has 0 heterocycles. The molecule has 0 aromatic heterocycles. The molecule has 0 radical (unpaired) electrons. The van der Waals surface area contributed by atoms with Gasteiger partial charge in [0.05, 0.1) is 7.11 Å². The molecule has 0 aliphatic rings. The fourth-order valence-electron chi connectivity index (χ4n) is 2.27. The summed E-state index contributed by atoms with van der Waals surface area (Å²) >= 11 is 0. The lowest BCUT2D eigenvalue weighted by atomic mass is 10.1. The highest BCUT2D eigenvalue weighted by atomic mass is 127. The molecule has 0 fully saturated rings. The van der Waals surface area contributed by atoms with Gasteiger partial charge in [0.2, 0.25) is 0 Å². The number of guanidine groups is 1. The van der Waals surface area contributed by atoms with Crippen molar-refractivity contribution in [3.8, 4) is 11.5 Å². The van der Waals surface area contributed by atoms with Crippen molar-refractivity contribution in [1.29, 1.82) is 0 Å². The van der Waals surface area contributed by atoms with E-state index in [2.05, 4.69) is 22.4 Å². The second-order valence-corrected chi connectivity index (χ2v) is 5.15. The van der Waals surface area contributed by atoms with E-state index < -0.39 is 0 Å². The third-order valence-corrected chi connectivity index (χ3v) is 3.53. The molecule has 0 bridgehead atoms. The molecule has 0 unspecified atom stereocenters. The molecule has 24 heavy (non-hydrogen) atoms. The fraction of sp³-hybridized carbons (Fsp3) is 0.278. The van der Waals surface area contributed by atoms with Gasteiger partial charge in [0.1, 0.15) is 0 Å². The number of phenolic OH excluding ortho intramolecular Hbond substituents is 1. The molecule has 0 saturated heterocycles. The zero-order chi connectivity index (χ0) is 16.5. The Labute approximate surface area is 160 Å². The van der Waals surface area contributed by atoms with E-state index in [4.69, 9.17) is 10.5 Å². The minimum atomic E-state index is 0. The Morgan fingerprint density at radius 2 is 1.88 bits per heavy atom. The van der Waals surface area contributed by atoms with Crippen LogP contribution in [0.5, 0.6) is 11.5 Å². The molecule has 130 valence electrons. The van der Waals surface area contributed by atoms with E-state index in [1.807, 2.05) is 30.3 Å². The molecule has 2 rings (SSSR count). The SMILES string of the molecule is COc1cccc(CCN=C(N)NCCc2ccccc2)c1O.I. The van der Waals surface area contributed by atoms with Gasteiger partial charge in [-0.2, -0.15) is 0 Å². The van der Waals surface area contributed by atoms with Gasteiger partial charge < -0.3 is 20.9 Å². The number of nitrogens with zero attached hydrogens (tertiary/aromatic N) is 1. The number of nitrogens with one attached hydrogen (secondary N) is 1. The van der Waals surface area contributed by atoms with Crippen molar-refractivity contribution in [1.82, 2.24) is 5.32 Å². The average molecular weight is 441 g/mol. The van der Waals surface area contributed by atoms with E-state index in [0.29, 0.717) is 24.7 Å². The molecule has 0 atom stereocenters. The van der Waals surface area contributed by atoms with Gasteiger partial charge in [-0.15, -0.1) is 24.0 Å². The maximum absolute atomic E-state index is 10.0. The Hall–Kier alpha value is -1.96. The van der Waals surface area contributed by atoms with Crippen molar-refractivity contribution in [3.63, 3.8) is 0 Å². The molecule has 0 aliphatic heterocycles. The number of rotatable bonds is 7. The van der Waals surface area contributed by atoms with E-state index in [0.717, 1.165) is 18.5 Å². The first-order chi connectivity index (χ1) is 11.2. The molecule has 0 spiro atoms. The van der Waals surface area contributed by atoms with Crippen LogP contribution in [0, 0.1) is 0 Å². The highest BCUT2D eigenvalue weighted by Gasteiger charge is 2.06. The first-order valence-corrected chi connectivity index (χ1v) is 7.63. The summed E-state index contributed by atoms with van der Waals surface area (Å²) < 4.78 is 5.09. The third kappa shape index (κ3) is 6.27. The van der Waals surface area contributed by atoms with Gasteiger partial charge in [-0.3, -0.25) is 4.99 Å². The second-order valence-electron chi connectivity index (χ2n) is 5.15. The molecular weight excluding hydrogens is 417 g/mol. The van der Waals surface area contributed by atoms with Crippen LogP contribution in [0.1, 0.15) is 11.1 Å². The van der Waals surface area contributed by atoms with Crippen molar-refractivity contribution in [2.75, 3.05) is 20.2 Å². The van der Waals surface area contributed by atoms with Crippen LogP contribution in [0.4, 0.5) is 0 Å². The molecule has 0 amide bonds. The van der Waals surface area contributed by atoms with Crippen LogP contribution in [-0.4, -0.2) is 31.3 Å². The van der Waals surface area contributed by atoms with Crippen molar-refractivity contribution in [2.45, 2.75) is 12.8 Å². The molecule has 2 aromatic carbocycles. The number of methoxy groups -OCH3 is 1. The molecule has 0 saturated carbocycles. The summed E-state index contributed by atoms with van der Waals surface area (Å²) in [7, 11) is 1.53. The average Bonchev–Trinajstić information content (AvgIpc) is 2.57. The van der Waals surface area contributed by atoms with Crippen LogP contribution < -0.4 is 15.8 Å². The van der Waals surface area contributed by atoms with Crippen LogP contribution in [0.25, 0.3) is 0 Å². The van der Waals surface area contributed by atoms with Gasteiger partial charge in [0.15, 0.2) is 17.5 Å². The van der Waals surface area contributed by atoms with Gasteiger partial charge in [0.25, 0.3) is 0 Å². The van der Waals surface area contributed by atoms with Gasteiger partial charge >= 0.3 is 0 Å². The fourth-order valence-corrected chi connectivity index (χ4v) is 2.27. The van der Waals surface area contributed by atoms with Crippen LogP contribution in [0.3, 0.4) is 0 Å². The van der Waals surface area contributed by atoms with Crippen LogP contribution in [-0.2, 0) is 12.8 Å². The molecular formula is C18H24IN3O2. The normalized spacial score (nSPS) is 10.8. The molecule has 6 heteroatoms. The van der Waals surface area contributed by atoms with Gasteiger partial charge in [-0.1, -0.05) is 42.5 Å². The monoisotopic (exact) mass is 441 g/mol. The standard InChI is InChI=1S/C18H23N3O2.HI/c1-23-16-9-5-8-15(17(16)22)11-13-21-18(19)20-12-10-14-6-3-2-4-7-14;/h2-9,22H,10-13H2,1H3,(H3,19,20,21);1H. The van der Waals surface area contributed by atoms with E-state index in [9.17, 15) is 5.11 Å². The zero-order valence-electron chi connectivity index (χ0n) is 13.7. The Bertz CT molecular complexity index is 648. The summed E-state index contributed by atoms with van der Waals surface area (Å²) in [5.41, 5.74) is 7.90. The third-order valence-electron chi connectivity index (χ3n) is 3.53. The summed E-state index contributed by atoms with van der Waals surface area (Å²) in [6, 6.07) is 15.6. The van der Waals surface area contributed by atoms with Crippen LogP contribution >= 0.6 is 24.0 Å². The maximum Gasteiger partial charge on any atom is 0.188 e. The van der Waals surface area contributed by atoms with Gasteiger partial charge in [-0.05, 0) is 30.0 Å². The molecule has 0 aliphatic carbocycles. The topological polar surface area (TPSA) is 79.9 Å². The lowest BCUT2D eigenvalue weighted by Crippen LogP contribution is -2.33. The second kappa shape index (κ2) is 10.7. The number of ether oxygens (including phenoxy) is 1. The van der Waals surface area contributed by atoms with E-state index in [-0.39, 0.29) is 29.7 Å². The number of halogens is 1. The van der Waals surface area contributed by atoms with Crippen molar-refractivity contribution < 1.29 is 9.84 Å². The first kappa shape index (κ1) is 20.1.